The fourth-order valence-electron chi connectivity index (χ4n) is 1.68. The second kappa shape index (κ2) is 3.74. The van der Waals surface area contributed by atoms with Crippen molar-refractivity contribution in [3.63, 3.8) is 0 Å². The van der Waals surface area contributed by atoms with E-state index in [0.29, 0.717) is 18.3 Å². The van der Waals surface area contributed by atoms with Crippen LogP contribution in [0.5, 0.6) is 0 Å². The predicted molar refractivity (Wildman–Crippen MR) is 47.6 cm³/mol. The number of carbonyl (C=O) groups excluding carboxylic acids is 1. The minimum Gasteiger partial charge on any atom is -0.462 e. The SMILES string of the molecule is C=CCC1OC(=O)CC1C(C)C. The van der Waals surface area contributed by atoms with Crippen molar-refractivity contribution in [3.05, 3.63) is 12.7 Å². The minimum absolute atomic E-state index is 0.0550. The van der Waals surface area contributed by atoms with Crippen molar-refractivity contribution in [2.75, 3.05) is 0 Å². The molecule has 2 unspecified atom stereocenters. The highest BCUT2D eigenvalue weighted by Gasteiger charge is 2.35. The van der Waals surface area contributed by atoms with E-state index in [1.807, 2.05) is 6.08 Å². The van der Waals surface area contributed by atoms with Gasteiger partial charge < -0.3 is 4.74 Å². The molecule has 0 radical (unpaired) electrons. The molecule has 0 aliphatic carbocycles. The largest absolute Gasteiger partial charge is 0.462 e. The third-order valence-electron chi connectivity index (χ3n) is 2.42. The van der Waals surface area contributed by atoms with E-state index >= 15 is 0 Å². The highest BCUT2D eigenvalue weighted by Crippen LogP contribution is 2.30. The van der Waals surface area contributed by atoms with E-state index in [1.165, 1.54) is 0 Å². The average molecular weight is 168 g/mol. The highest BCUT2D eigenvalue weighted by molar-refractivity contribution is 5.72. The quantitative estimate of drug-likeness (QED) is 0.476. The molecule has 0 aromatic heterocycles. The lowest BCUT2D eigenvalue weighted by molar-refractivity contribution is -0.141. The molecule has 68 valence electrons. The topological polar surface area (TPSA) is 26.3 Å². The smallest absolute Gasteiger partial charge is 0.306 e. The Hall–Kier alpha value is -0.790. The zero-order valence-corrected chi connectivity index (χ0v) is 7.75. The van der Waals surface area contributed by atoms with Gasteiger partial charge in [0.15, 0.2) is 0 Å². The van der Waals surface area contributed by atoms with Crippen molar-refractivity contribution in [2.24, 2.45) is 11.8 Å². The van der Waals surface area contributed by atoms with Gasteiger partial charge in [0.2, 0.25) is 0 Å². The molecule has 1 aliphatic heterocycles. The Morgan fingerprint density at radius 1 is 1.75 bits per heavy atom. The average Bonchev–Trinajstić information content (AvgIpc) is 2.32. The summed E-state index contributed by atoms with van der Waals surface area (Å²) in [5.41, 5.74) is 0. The summed E-state index contributed by atoms with van der Waals surface area (Å²) < 4.78 is 5.17. The summed E-state index contributed by atoms with van der Waals surface area (Å²) >= 11 is 0. The summed E-state index contributed by atoms with van der Waals surface area (Å²) in [5.74, 6) is 0.845. The lowest BCUT2D eigenvalue weighted by atomic mass is 9.88. The van der Waals surface area contributed by atoms with Gasteiger partial charge in [-0.3, -0.25) is 4.79 Å². The first-order chi connectivity index (χ1) is 5.65. The standard InChI is InChI=1S/C10H16O2/c1-4-5-9-8(7(2)3)6-10(11)12-9/h4,7-9H,1,5-6H2,2-3H3. The van der Waals surface area contributed by atoms with Crippen molar-refractivity contribution in [1.82, 2.24) is 0 Å². The molecular weight excluding hydrogens is 152 g/mol. The van der Waals surface area contributed by atoms with Crippen LogP contribution in [-0.2, 0) is 9.53 Å². The summed E-state index contributed by atoms with van der Waals surface area (Å²) in [7, 11) is 0. The fourth-order valence-corrected chi connectivity index (χ4v) is 1.68. The molecule has 0 spiro atoms. The van der Waals surface area contributed by atoms with Crippen molar-refractivity contribution in [2.45, 2.75) is 32.8 Å². The summed E-state index contributed by atoms with van der Waals surface area (Å²) in [6.45, 7) is 7.91. The first-order valence-corrected chi connectivity index (χ1v) is 4.45. The summed E-state index contributed by atoms with van der Waals surface area (Å²) in [6, 6.07) is 0. The van der Waals surface area contributed by atoms with Gasteiger partial charge in [-0.1, -0.05) is 19.9 Å². The lowest BCUT2D eigenvalue weighted by Crippen LogP contribution is -2.19. The highest BCUT2D eigenvalue weighted by atomic mass is 16.5. The van der Waals surface area contributed by atoms with Crippen LogP contribution in [-0.4, -0.2) is 12.1 Å². The molecule has 0 saturated carbocycles. The summed E-state index contributed by atoms with van der Waals surface area (Å²) in [6.07, 6.45) is 3.26. The van der Waals surface area contributed by atoms with Gasteiger partial charge >= 0.3 is 5.97 Å². The molecule has 2 atom stereocenters. The molecule has 0 aromatic carbocycles. The molecule has 0 aromatic rings. The van der Waals surface area contributed by atoms with Crippen LogP contribution in [0.1, 0.15) is 26.7 Å². The first kappa shape index (κ1) is 9.30. The van der Waals surface area contributed by atoms with Gasteiger partial charge in [0, 0.05) is 12.3 Å². The van der Waals surface area contributed by atoms with Gasteiger partial charge in [-0.2, -0.15) is 0 Å². The van der Waals surface area contributed by atoms with Crippen LogP contribution in [0.3, 0.4) is 0 Å². The molecule has 1 fully saturated rings. The van der Waals surface area contributed by atoms with Gasteiger partial charge in [0.1, 0.15) is 6.10 Å². The zero-order valence-electron chi connectivity index (χ0n) is 7.75. The Bertz CT molecular complexity index is 184. The Labute approximate surface area is 73.6 Å². The second-order valence-corrected chi connectivity index (χ2v) is 3.66. The monoisotopic (exact) mass is 168 g/mol. The lowest BCUT2D eigenvalue weighted by Gasteiger charge is -2.18. The Morgan fingerprint density at radius 2 is 2.42 bits per heavy atom. The van der Waals surface area contributed by atoms with Gasteiger partial charge in [-0.25, -0.2) is 0 Å². The van der Waals surface area contributed by atoms with E-state index in [2.05, 4.69) is 20.4 Å². The first-order valence-electron chi connectivity index (χ1n) is 4.45. The molecule has 1 aliphatic rings. The predicted octanol–water partition coefficient (Wildman–Crippen LogP) is 2.15. The minimum atomic E-state index is -0.0550. The molecule has 1 rings (SSSR count). The molecule has 12 heavy (non-hydrogen) atoms. The van der Waals surface area contributed by atoms with Crippen LogP contribution in [0.25, 0.3) is 0 Å². The normalized spacial score (nSPS) is 29.1. The van der Waals surface area contributed by atoms with Crippen LogP contribution >= 0.6 is 0 Å². The third kappa shape index (κ3) is 1.87. The van der Waals surface area contributed by atoms with Gasteiger partial charge in [-0.15, -0.1) is 6.58 Å². The molecule has 1 heterocycles. The number of rotatable bonds is 3. The van der Waals surface area contributed by atoms with Crippen molar-refractivity contribution < 1.29 is 9.53 Å². The van der Waals surface area contributed by atoms with E-state index < -0.39 is 0 Å². The maximum absolute atomic E-state index is 11.0. The van der Waals surface area contributed by atoms with Crippen LogP contribution in [0.15, 0.2) is 12.7 Å². The molecule has 2 heteroatoms. The van der Waals surface area contributed by atoms with Crippen LogP contribution in [0.4, 0.5) is 0 Å². The van der Waals surface area contributed by atoms with Crippen molar-refractivity contribution in [1.29, 1.82) is 0 Å². The Kier molecular flexibility index (Phi) is 2.90. The molecule has 0 N–H and O–H groups in total. The summed E-state index contributed by atoms with van der Waals surface area (Å²) in [4.78, 5) is 11.0. The number of cyclic esters (lactones) is 1. The van der Waals surface area contributed by atoms with Gasteiger partial charge in [-0.05, 0) is 5.92 Å². The van der Waals surface area contributed by atoms with Crippen LogP contribution in [0.2, 0.25) is 0 Å². The van der Waals surface area contributed by atoms with Crippen LogP contribution < -0.4 is 0 Å². The number of hydrogen-bond acceptors (Lipinski definition) is 2. The molecule has 2 nitrogen and oxygen atoms in total. The summed E-state index contributed by atoms with van der Waals surface area (Å²) in [5, 5.41) is 0. The van der Waals surface area contributed by atoms with E-state index in [-0.39, 0.29) is 12.1 Å². The fraction of sp³-hybridized carbons (Fsp3) is 0.700. The van der Waals surface area contributed by atoms with Crippen molar-refractivity contribution in [3.8, 4) is 0 Å². The maximum Gasteiger partial charge on any atom is 0.306 e. The van der Waals surface area contributed by atoms with Gasteiger partial charge in [0.05, 0.1) is 6.42 Å². The Balaban J connectivity index is 2.58. The number of carbonyl (C=O) groups is 1. The molecular formula is C10H16O2. The van der Waals surface area contributed by atoms with Gasteiger partial charge in [0.25, 0.3) is 0 Å². The zero-order chi connectivity index (χ0) is 9.14. The van der Waals surface area contributed by atoms with E-state index in [9.17, 15) is 4.79 Å². The second-order valence-electron chi connectivity index (χ2n) is 3.66. The van der Waals surface area contributed by atoms with Crippen LogP contribution in [0, 0.1) is 11.8 Å². The van der Waals surface area contributed by atoms with E-state index in [1.54, 1.807) is 0 Å². The number of hydrogen-bond donors (Lipinski definition) is 0. The molecule has 1 saturated heterocycles. The van der Waals surface area contributed by atoms with Crippen molar-refractivity contribution >= 4 is 5.97 Å². The number of esters is 1. The van der Waals surface area contributed by atoms with E-state index in [4.69, 9.17) is 4.74 Å². The molecule has 0 bridgehead atoms. The maximum atomic E-state index is 11.0. The third-order valence-corrected chi connectivity index (χ3v) is 2.42. The Morgan fingerprint density at radius 3 is 2.92 bits per heavy atom. The number of ether oxygens (including phenoxy) is 1. The molecule has 0 amide bonds. The van der Waals surface area contributed by atoms with E-state index in [0.717, 1.165) is 6.42 Å².